The summed E-state index contributed by atoms with van der Waals surface area (Å²) in [5.74, 6) is -0.826. The summed E-state index contributed by atoms with van der Waals surface area (Å²) in [5, 5.41) is 2.66. The second-order valence-corrected chi connectivity index (χ2v) is 8.24. The summed E-state index contributed by atoms with van der Waals surface area (Å²) >= 11 is 2.19. The Bertz CT molecular complexity index is 570. The highest BCUT2D eigenvalue weighted by Crippen LogP contribution is 2.17. The largest absolute Gasteiger partial charge is 0.325 e. The molecule has 0 saturated carbocycles. The molecule has 112 valence electrons. The lowest BCUT2D eigenvalue weighted by Gasteiger charge is -2.09. The van der Waals surface area contributed by atoms with E-state index in [0.717, 1.165) is 22.0 Å². The first-order valence-electron chi connectivity index (χ1n) is 6.60. The van der Waals surface area contributed by atoms with E-state index in [0.29, 0.717) is 12.1 Å². The minimum Gasteiger partial charge on any atom is -0.325 e. The van der Waals surface area contributed by atoms with Gasteiger partial charge >= 0.3 is 0 Å². The topological polar surface area (TPSA) is 63.2 Å². The van der Waals surface area contributed by atoms with Crippen molar-refractivity contribution in [3.8, 4) is 0 Å². The number of carbonyl (C=O) groups is 1. The molecule has 1 aromatic rings. The first kappa shape index (κ1) is 17.4. The number of nitrogens with one attached hydrogen (secondary N) is 1. The van der Waals surface area contributed by atoms with Crippen LogP contribution < -0.4 is 5.32 Å². The summed E-state index contributed by atoms with van der Waals surface area (Å²) in [5.41, 5.74) is 1.59. The molecule has 20 heavy (non-hydrogen) atoms. The molecule has 4 nitrogen and oxygen atoms in total. The highest BCUT2D eigenvalue weighted by molar-refractivity contribution is 14.1. The molecule has 1 N–H and O–H groups in total. The molecular formula is C14H20INO3S. The van der Waals surface area contributed by atoms with Crippen LogP contribution >= 0.6 is 22.6 Å². The van der Waals surface area contributed by atoms with Gasteiger partial charge in [0.1, 0.15) is 5.75 Å². The minimum atomic E-state index is -3.31. The van der Waals surface area contributed by atoms with Crippen LogP contribution in [-0.2, 0) is 14.6 Å². The van der Waals surface area contributed by atoms with Gasteiger partial charge in [-0.2, -0.15) is 0 Å². The van der Waals surface area contributed by atoms with Crippen LogP contribution in [-0.4, -0.2) is 25.8 Å². The van der Waals surface area contributed by atoms with Crippen LogP contribution in [0.5, 0.6) is 0 Å². The van der Waals surface area contributed by atoms with Crippen LogP contribution in [0.1, 0.15) is 31.7 Å². The number of carbonyl (C=O) groups excluding carboxylic acids is 1. The Hall–Kier alpha value is -0.630. The van der Waals surface area contributed by atoms with Crippen molar-refractivity contribution < 1.29 is 13.2 Å². The van der Waals surface area contributed by atoms with E-state index in [1.54, 1.807) is 6.07 Å². The third-order valence-corrected chi connectivity index (χ3v) is 5.16. The van der Waals surface area contributed by atoms with Crippen LogP contribution in [0.3, 0.4) is 0 Å². The number of sulfone groups is 1. The second kappa shape index (κ2) is 7.97. The molecule has 1 rings (SSSR count). The van der Waals surface area contributed by atoms with Crippen LogP contribution in [0.15, 0.2) is 18.2 Å². The van der Waals surface area contributed by atoms with Gasteiger partial charge < -0.3 is 5.32 Å². The molecule has 0 spiro atoms. The molecule has 0 bridgehead atoms. The molecule has 0 atom stereocenters. The summed E-state index contributed by atoms with van der Waals surface area (Å²) in [6.07, 6.45) is 2.45. The molecule has 1 aromatic carbocycles. The zero-order valence-electron chi connectivity index (χ0n) is 11.8. The summed E-state index contributed by atoms with van der Waals surface area (Å²) in [4.78, 5) is 11.8. The standard InChI is InChI=1S/C14H20INO3S/c1-3-4-5-8-20(18,19)10-14(17)16-13-7-6-12(15)9-11(13)2/h6-7,9H,3-5,8,10H2,1-2H3,(H,16,17). The number of unbranched alkanes of at least 4 members (excludes halogenated alkanes) is 2. The van der Waals surface area contributed by atoms with E-state index >= 15 is 0 Å². The average Bonchev–Trinajstić information content (AvgIpc) is 2.32. The van der Waals surface area contributed by atoms with Crippen LogP contribution in [0.25, 0.3) is 0 Å². The highest BCUT2D eigenvalue weighted by Gasteiger charge is 2.16. The quantitative estimate of drug-likeness (QED) is 0.556. The predicted octanol–water partition coefficient (Wildman–Crippen LogP) is 3.14. The Kier molecular flexibility index (Phi) is 6.94. The van der Waals surface area contributed by atoms with Gasteiger partial charge in [0.25, 0.3) is 0 Å². The summed E-state index contributed by atoms with van der Waals surface area (Å²) in [6.45, 7) is 3.90. The Morgan fingerprint density at radius 2 is 2.00 bits per heavy atom. The van der Waals surface area contributed by atoms with Crippen molar-refractivity contribution in [2.45, 2.75) is 33.1 Å². The van der Waals surface area contributed by atoms with E-state index in [-0.39, 0.29) is 5.75 Å². The maximum Gasteiger partial charge on any atom is 0.239 e. The highest BCUT2D eigenvalue weighted by atomic mass is 127. The van der Waals surface area contributed by atoms with E-state index in [1.165, 1.54) is 0 Å². The van der Waals surface area contributed by atoms with Gasteiger partial charge in [-0.05, 0) is 59.7 Å². The van der Waals surface area contributed by atoms with Crippen molar-refractivity contribution >= 4 is 44.0 Å². The number of benzene rings is 1. The lowest BCUT2D eigenvalue weighted by molar-refractivity contribution is -0.113. The second-order valence-electron chi connectivity index (χ2n) is 4.81. The smallest absolute Gasteiger partial charge is 0.239 e. The fourth-order valence-electron chi connectivity index (χ4n) is 1.80. The molecule has 0 aromatic heterocycles. The Morgan fingerprint density at radius 1 is 1.30 bits per heavy atom. The zero-order chi connectivity index (χ0) is 15.2. The fraction of sp³-hybridized carbons (Fsp3) is 0.500. The first-order chi connectivity index (χ1) is 9.34. The SMILES string of the molecule is CCCCCS(=O)(=O)CC(=O)Nc1ccc(I)cc1C. The number of hydrogen-bond donors (Lipinski definition) is 1. The van der Waals surface area contributed by atoms with Crippen molar-refractivity contribution in [3.05, 3.63) is 27.3 Å². The van der Waals surface area contributed by atoms with Crippen LogP contribution in [0.2, 0.25) is 0 Å². The number of hydrogen-bond acceptors (Lipinski definition) is 3. The molecule has 0 heterocycles. The number of rotatable bonds is 7. The van der Waals surface area contributed by atoms with E-state index in [1.807, 2.05) is 26.0 Å². The third-order valence-electron chi connectivity index (χ3n) is 2.87. The van der Waals surface area contributed by atoms with Crippen LogP contribution in [0.4, 0.5) is 5.69 Å². The molecule has 0 unspecified atom stereocenters. The fourth-order valence-corrected chi connectivity index (χ4v) is 3.70. The Labute approximate surface area is 134 Å². The van der Waals surface area contributed by atoms with Gasteiger partial charge in [0, 0.05) is 9.26 Å². The number of anilines is 1. The molecule has 0 aliphatic carbocycles. The maximum absolute atomic E-state index is 11.8. The molecule has 0 aliphatic rings. The Morgan fingerprint density at radius 3 is 2.60 bits per heavy atom. The number of amides is 1. The monoisotopic (exact) mass is 409 g/mol. The molecule has 0 saturated heterocycles. The van der Waals surface area contributed by atoms with Gasteiger partial charge in [-0.15, -0.1) is 0 Å². The Balaban J connectivity index is 2.59. The molecule has 0 aliphatic heterocycles. The van der Waals surface area contributed by atoms with Gasteiger partial charge in [-0.25, -0.2) is 8.42 Å². The number of aryl methyl sites for hydroxylation is 1. The van der Waals surface area contributed by atoms with Gasteiger partial charge in [0.2, 0.25) is 5.91 Å². The van der Waals surface area contributed by atoms with Crippen molar-refractivity contribution in [1.82, 2.24) is 0 Å². The summed E-state index contributed by atoms with van der Waals surface area (Å²) < 4.78 is 24.6. The van der Waals surface area contributed by atoms with Crippen LogP contribution in [0, 0.1) is 10.5 Å². The van der Waals surface area contributed by atoms with E-state index in [4.69, 9.17) is 0 Å². The maximum atomic E-state index is 11.8. The van der Waals surface area contributed by atoms with Crippen molar-refractivity contribution in [2.24, 2.45) is 0 Å². The van der Waals surface area contributed by atoms with Gasteiger partial charge in [-0.1, -0.05) is 19.8 Å². The number of halogens is 1. The average molecular weight is 409 g/mol. The first-order valence-corrected chi connectivity index (χ1v) is 9.50. The molecular weight excluding hydrogens is 389 g/mol. The van der Waals surface area contributed by atoms with Gasteiger partial charge in [0.15, 0.2) is 9.84 Å². The zero-order valence-corrected chi connectivity index (χ0v) is 14.8. The van der Waals surface area contributed by atoms with Gasteiger partial charge in [0.05, 0.1) is 5.75 Å². The van der Waals surface area contributed by atoms with E-state index in [9.17, 15) is 13.2 Å². The van der Waals surface area contributed by atoms with E-state index < -0.39 is 21.5 Å². The summed E-state index contributed by atoms with van der Waals surface area (Å²) in [7, 11) is -3.31. The third kappa shape index (κ3) is 6.21. The molecule has 6 heteroatoms. The lowest BCUT2D eigenvalue weighted by atomic mass is 10.2. The normalized spacial score (nSPS) is 11.3. The summed E-state index contributed by atoms with van der Waals surface area (Å²) in [6, 6.07) is 5.60. The van der Waals surface area contributed by atoms with Crippen molar-refractivity contribution in [2.75, 3.05) is 16.8 Å². The van der Waals surface area contributed by atoms with Gasteiger partial charge in [-0.3, -0.25) is 4.79 Å². The minimum absolute atomic E-state index is 0.0833. The van der Waals surface area contributed by atoms with Crippen molar-refractivity contribution in [3.63, 3.8) is 0 Å². The molecule has 1 amide bonds. The molecule has 0 fully saturated rings. The molecule has 0 radical (unpaired) electrons. The lowest BCUT2D eigenvalue weighted by Crippen LogP contribution is -2.25. The van der Waals surface area contributed by atoms with E-state index in [2.05, 4.69) is 27.9 Å². The predicted molar refractivity (Wildman–Crippen MR) is 90.7 cm³/mol. The van der Waals surface area contributed by atoms with Crippen molar-refractivity contribution in [1.29, 1.82) is 0 Å².